The maximum absolute atomic E-state index is 12.8. The third-order valence-corrected chi connectivity index (χ3v) is 4.87. The highest BCUT2D eigenvalue weighted by Gasteiger charge is 2.21. The van der Waals surface area contributed by atoms with Crippen LogP contribution in [0, 0.1) is 0 Å². The van der Waals surface area contributed by atoms with E-state index in [0.717, 1.165) is 11.1 Å². The molecule has 0 aliphatic rings. The fraction of sp³-hybridized carbons (Fsp3) is 0.208. The van der Waals surface area contributed by atoms with Crippen molar-refractivity contribution in [1.82, 2.24) is 14.9 Å². The third-order valence-electron chi connectivity index (χ3n) is 4.87. The van der Waals surface area contributed by atoms with E-state index in [-0.39, 0.29) is 5.91 Å². The standard InChI is InChI=1S/C24H25N3O5/c1-27-12-11-25-23(27)22(18-13-19(30-2)15-20(14-18)31-3)26-21(28)10-7-16-5-8-17(9-6-16)24(29)32-4/h5-15,22H,1-4H3,(H,26,28)/b10-7+. The number of hydrogen-bond acceptors (Lipinski definition) is 6. The van der Waals surface area contributed by atoms with Gasteiger partial charge in [0, 0.05) is 31.6 Å². The van der Waals surface area contributed by atoms with Crippen LogP contribution < -0.4 is 14.8 Å². The Kier molecular flexibility index (Phi) is 7.28. The Hall–Kier alpha value is -4.07. The second kappa shape index (κ2) is 10.3. The first-order valence-corrected chi connectivity index (χ1v) is 9.82. The molecule has 1 unspecified atom stereocenters. The Bertz CT molecular complexity index is 1100. The number of hydrogen-bond donors (Lipinski definition) is 1. The minimum absolute atomic E-state index is 0.308. The summed E-state index contributed by atoms with van der Waals surface area (Å²) in [5, 5.41) is 2.99. The summed E-state index contributed by atoms with van der Waals surface area (Å²) < 4.78 is 17.3. The van der Waals surface area contributed by atoms with Crippen LogP contribution in [0.3, 0.4) is 0 Å². The lowest BCUT2D eigenvalue weighted by atomic mass is 10.0. The van der Waals surface area contributed by atoms with Gasteiger partial charge in [-0.15, -0.1) is 0 Å². The molecular formula is C24H25N3O5. The maximum atomic E-state index is 12.8. The summed E-state index contributed by atoms with van der Waals surface area (Å²) in [5.41, 5.74) is 1.97. The Morgan fingerprint density at radius 3 is 2.22 bits per heavy atom. The summed E-state index contributed by atoms with van der Waals surface area (Å²) >= 11 is 0. The van der Waals surface area contributed by atoms with Gasteiger partial charge in [0.25, 0.3) is 0 Å². The minimum Gasteiger partial charge on any atom is -0.497 e. The summed E-state index contributed by atoms with van der Waals surface area (Å²) in [6.07, 6.45) is 6.58. The normalized spacial score (nSPS) is 11.8. The molecule has 0 saturated carbocycles. The van der Waals surface area contributed by atoms with E-state index in [1.165, 1.54) is 13.2 Å². The first kappa shape index (κ1) is 22.6. The highest BCUT2D eigenvalue weighted by molar-refractivity contribution is 5.93. The fourth-order valence-electron chi connectivity index (χ4n) is 3.16. The number of rotatable bonds is 8. The molecule has 166 valence electrons. The number of amides is 1. The number of esters is 1. The minimum atomic E-state index is -0.530. The SMILES string of the molecule is COC(=O)c1ccc(/C=C/C(=O)NC(c2cc(OC)cc(OC)c2)c2nccn2C)cc1. The lowest BCUT2D eigenvalue weighted by Crippen LogP contribution is -2.29. The molecule has 0 bridgehead atoms. The molecule has 8 nitrogen and oxygen atoms in total. The molecule has 1 N–H and O–H groups in total. The number of aryl methyl sites for hydroxylation is 1. The summed E-state index contributed by atoms with van der Waals surface area (Å²) in [6, 6.07) is 11.6. The van der Waals surface area contributed by atoms with Crippen LogP contribution in [0.5, 0.6) is 11.5 Å². The highest BCUT2D eigenvalue weighted by atomic mass is 16.5. The summed E-state index contributed by atoms with van der Waals surface area (Å²) in [7, 11) is 6.33. The molecule has 0 saturated heterocycles. The Morgan fingerprint density at radius 1 is 1.03 bits per heavy atom. The first-order valence-electron chi connectivity index (χ1n) is 9.82. The Labute approximate surface area is 186 Å². The zero-order chi connectivity index (χ0) is 23.1. The lowest BCUT2D eigenvalue weighted by molar-refractivity contribution is -0.117. The Balaban J connectivity index is 1.84. The molecule has 3 rings (SSSR count). The van der Waals surface area contributed by atoms with E-state index in [4.69, 9.17) is 14.2 Å². The van der Waals surface area contributed by atoms with E-state index in [2.05, 4.69) is 10.3 Å². The average Bonchev–Trinajstić information content (AvgIpc) is 3.25. The number of carbonyl (C=O) groups excluding carboxylic acids is 2. The number of imidazole rings is 1. The van der Waals surface area contributed by atoms with Crippen molar-refractivity contribution in [2.24, 2.45) is 7.05 Å². The van der Waals surface area contributed by atoms with Gasteiger partial charge in [-0.1, -0.05) is 12.1 Å². The van der Waals surface area contributed by atoms with Crippen molar-refractivity contribution in [3.05, 3.63) is 83.4 Å². The van der Waals surface area contributed by atoms with Crippen molar-refractivity contribution in [2.45, 2.75) is 6.04 Å². The summed E-state index contributed by atoms with van der Waals surface area (Å²) in [4.78, 5) is 28.7. The van der Waals surface area contributed by atoms with Gasteiger partial charge in [0.15, 0.2) is 0 Å². The van der Waals surface area contributed by atoms with Crippen LogP contribution in [0.1, 0.15) is 33.4 Å². The Morgan fingerprint density at radius 2 is 1.69 bits per heavy atom. The van der Waals surface area contributed by atoms with Gasteiger partial charge in [0.1, 0.15) is 23.4 Å². The third kappa shape index (κ3) is 5.34. The largest absolute Gasteiger partial charge is 0.497 e. The van der Waals surface area contributed by atoms with Crippen molar-refractivity contribution in [3.63, 3.8) is 0 Å². The molecule has 0 fully saturated rings. The van der Waals surface area contributed by atoms with Gasteiger partial charge < -0.3 is 24.1 Å². The molecule has 1 amide bonds. The summed E-state index contributed by atoms with van der Waals surface area (Å²) in [5.74, 6) is 1.15. The smallest absolute Gasteiger partial charge is 0.337 e. The maximum Gasteiger partial charge on any atom is 0.337 e. The average molecular weight is 435 g/mol. The van der Waals surface area contributed by atoms with Crippen molar-refractivity contribution in [3.8, 4) is 11.5 Å². The second-order valence-corrected chi connectivity index (χ2v) is 6.93. The molecule has 2 aromatic carbocycles. The van der Waals surface area contributed by atoms with Gasteiger partial charge in [-0.25, -0.2) is 9.78 Å². The quantitative estimate of drug-likeness (QED) is 0.432. The number of benzene rings is 2. The number of ether oxygens (including phenoxy) is 3. The molecule has 0 radical (unpaired) electrons. The molecule has 0 spiro atoms. The van der Waals surface area contributed by atoms with Crippen LogP contribution in [0.4, 0.5) is 0 Å². The second-order valence-electron chi connectivity index (χ2n) is 6.93. The van der Waals surface area contributed by atoms with Crippen molar-refractivity contribution >= 4 is 18.0 Å². The predicted octanol–water partition coefficient (Wildman–Crippen LogP) is 3.14. The molecular weight excluding hydrogens is 410 g/mol. The van der Waals surface area contributed by atoms with Gasteiger partial charge >= 0.3 is 5.97 Å². The van der Waals surface area contributed by atoms with E-state index in [1.54, 1.807) is 56.8 Å². The van der Waals surface area contributed by atoms with E-state index < -0.39 is 12.0 Å². The van der Waals surface area contributed by atoms with Gasteiger partial charge in [-0.3, -0.25) is 4.79 Å². The van der Waals surface area contributed by atoms with Crippen LogP contribution >= 0.6 is 0 Å². The molecule has 8 heteroatoms. The molecule has 1 atom stereocenters. The van der Waals surface area contributed by atoms with Crippen molar-refractivity contribution in [1.29, 1.82) is 0 Å². The van der Waals surface area contributed by atoms with Crippen LogP contribution in [-0.2, 0) is 16.6 Å². The van der Waals surface area contributed by atoms with E-state index in [1.807, 2.05) is 29.9 Å². The molecule has 0 aliphatic carbocycles. The van der Waals surface area contributed by atoms with Crippen LogP contribution in [0.25, 0.3) is 6.08 Å². The van der Waals surface area contributed by atoms with E-state index >= 15 is 0 Å². The van der Waals surface area contributed by atoms with Gasteiger partial charge in [0.05, 0.1) is 26.9 Å². The molecule has 3 aromatic rings. The first-order chi connectivity index (χ1) is 15.4. The fourth-order valence-corrected chi connectivity index (χ4v) is 3.16. The van der Waals surface area contributed by atoms with Crippen molar-refractivity contribution < 1.29 is 23.8 Å². The zero-order valence-corrected chi connectivity index (χ0v) is 18.4. The highest BCUT2D eigenvalue weighted by Crippen LogP contribution is 2.29. The van der Waals surface area contributed by atoms with E-state index in [0.29, 0.717) is 22.9 Å². The van der Waals surface area contributed by atoms with Crippen LogP contribution in [0.2, 0.25) is 0 Å². The topological polar surface area (TPSA) is 91.7 Å². The van der Waals surface area contributed by atoms with E-state index in [9.17, 15) is 9.59 Å². The molecule has 0 aliphatic heterocycles. The molecule has 1 aromatic heterocycles. The van der Waals surface area contributed by atoms with Gasteiger partial charge in [0.2, 0.25) is 5.91 Å². The number of methoxy groups -OCH3 is 3. The number of aromatic nitrogens is 2. The van der Waals surface area contributed by atoms with Crippen LogP contribution in [-0.4, -0.2) is 42.8 Å². The predicted molar refractivity (Wildman–Crippen MR) is 120 cm³/mol. The molecule has 1 heterocycles. The number of nitrogens with zero attached hydrogens (tertiary/aromatic N) is 2. The molecule has 32 heavy (non-hydrogen) atoms. The number of nitrogens with one attached hydrogen (secondary N) is 1. The van der Waals surface area contributed by atoms with Crippen molar-refractivity contribution in [2.75, 3.05) is 21.3 Å². The summed E-state index contributed by atoms with van der Waals surface area (Å²) in [6.45, 7) is 0. The van der Waals surface area contributed by atoms with Gasteiger partial charge in [-0.2, -0.15) is 0 Å². The van der Waals surface area contributed by atoms with Gasteiger partial charge in [-0.05, 0) is 41.5 Å². The lowest BCUT2D eigenvalue weighted by Gasteiger charge is -2.20. The zero-order valence-electron chi connectivity index (χ0n) is 18.4. The monoisotopic (exact) mass is 435 g/mol. The van der Waals surface area contributed by atoms with Crippen LogP contribution in [0.15, 0.2) is 60.9 Å². The number of carbonyl (C=O) groups is 2.